The van der Waals surface area contributed by atoms with Gasteiger partial charge in [-0.2, -0.15) is 15.0 Å². The van der Waals surface area contributed by atoms with Gasteiger partial charge in [-0.3, -0.25) is 28.1 Å². The van der Waals surface area contributed by atoms with Crippen LogP contribution in [0.5, 0.6) is 0 Å². The molecular weight excluding hydrogens is 637 g/mol. The summed E-state index contributed by atoms with van der Waals surface area (Å²) >= 11 is 0. The maximum absolute atomic E-state index is 13.3. The molecule has 0 radical (unpaired) electrons. The topological polar surface area (TPSA) is 105 Å². The molecule has 51 heavy (non-hydrogen) atoms. The fourth-order valence-electron chi connectivity index (χ4n) is 7.20. The second kappa shape index (κ2) is 10.9. The predicted octanol–water partition coefficient (Wildman–Crippen LogP) is 7.10. The maximum Gasteiger partial charge on any atom is 0.241 e. The van der Waals surface area contributed by atoms with E-state index in [-0.39, 0.29) is 34.1 Å². The summed E-state index contributed by atoms with van der Waals surface area (Å²) in [5, 5.41) is 2.49. The minimum Gasteiger partial charge on any atom is -0.289 e. The van der Waals surface area contributed by atoms with Crippen molar-refractivity contribution >= 4 is 32.7 Å². The molecule has 0 saturated heterocycles. The third kappa shape index (κ3) is 4.35. The molecule has 240 valence electrons. The van der Waals surface area contributed by atoms with E-state index >= 15 is 0 Å². The lowest BCUT2D eigenvalue weighted by molar-refractivity contribution is 0.823. The molecule has 0 N–H and O–H groups in total. The Balaban J connectivity index is 1.41. The molecule has 0 fully saturated rings. The van der Waals surface area contributed by atoms with E-state index in [1.165, 1.54) is 0 Å². The first-order valence-electron chi connectivity index (χ1n) is 16.4. The van der Waals surface area contributed by atoms with Crippen LogP contribution in [0.3, 0.4) is 0 Å². The number of hydrogen-bond acceptors (Lipinski definition) is 6. The van der Waals surface area contributed by atoms with Crippen molar-refractivity contribution in [2.24, 2.45) is 0 Å². The second-order valence-corrected chi connectivity index (χ2v) is 12.4. The summed E-state index contributed by atoms with van der Waals surface area (Å²) in [5.74, 6) is 0.753. The zero-order valence-electron chi connectivity index (χ0n) is 26.8. The molecule has 0 saturated carbocycles. The number of benzene rings is 6. The summed E-state index contributed by atoms with van der Waals surface area (Å²) in [5.41, 5.74) is 5.35. The highest BCUT2D eigenvalue weighted by Crippen LogP contribution is 2.33. The van der Waals surface area contributed by atoms with Crippen LogP contribution in [0.15, 0.2) is 160 Å². The van der Waals surface area contributed by atoms with Crippen molar-refractivity contribution in [2.45, 2.75) is 0 Å². The van der Waals surface area contributed by atoms with Gasteiger partial charge in [0.05, 0.1) is 33.6 Å². The van der Waals surface area contributed by atoms with Gasteiger partial charge in [0.1, 0.15) is 0 Å². The minimum atomic E-state index is -0.128. The fourth-order valence-corrected chi connectivity index (χ4v) is 7.20. The Labute approximate surface area is 288 Å². The van der Waals surface area contributed by atoms with Crippen molar-refractivity contribution in [3.63, 3.8) is 0 Å². The van der Waals surface area contributed by atoms with Crippen LogP contribution in [-0.2, 0) is 0 Å². The van der Waals surface area contributed by atoms with E-state index < -0.39 is 0 Å². The van der Waals surface area contributed by atoms with Crippen molar-refractivity contribution in [1.29, 1.82) is 0 Å². The van der Waals surface area contributed by atoms with Gasteiger partial charge in [-0.25, -0.2) is 0 Å². The molecule has 0 atom stereocenters. The van der Waals surface area contributed by atoms with Crippen LogP contribution in [0.2, 0.25) is 0 Å². The Morgan fingerprint density at radius 2 is 0.627 bits per heavy atom. The molecule has 9 heteroatoms. The van der Waals surface area contributed by atoms with E-state index in [2.05, 4.69) is 0 Å². The van der Waals surface area contributed by atoms with E-state index in [9.17, 15) is 14.4 Å². The molecule has 0 unspecified atom stereocenters. The van der Waals surface area contributed by atoms with E-state index in [4.69, 9.17) is 15.0 Å². The Hall–Kier alpha value is -7.26. The lowest BCUT2D eigenvalue weighted by Gasteiger charge is -2.23. The van der Waals surface area contributed by atoms with Crippen LogP contribution in [0, 0.1) is 0 Å². The number of hydrogen-bond donors (Lipinski definition) is 0. The molecule has 3 aromatic carbocycles. The van der Waals surface area contributed by atoms with Gasteiger partial charge in [0.25, 0.3) is 0 Å². The highest BCUT2D eigenvalue weighted by atomic mass is 16.1. The quantitative estimate of drug-likeness (QED) is 0.187. The number of aromatic nitrogens is 6. The van der Waals surface area contributed by atoms with E-state index in [1.54, 1.807) is 36.4 Å². The van der Waals surface area contributed by atoms with Gasteiger partial charge in [0, 0.05) is 16.7 Å². The Morgan fingerprint density at radius 3 is 0.941 bits per heavy atom. The van der Waals surface area contributed by atoms with Gasteiger partial charge in [0.15, 0.2) is 16.3 Å². The molecule has 4 aromatic rings. The van der Waals surface area contributed by atoms with Crippen molar-refractivity contribution in [1.82, 2.24) is 28.7 Å². The average Bonchev–Trinajstić information content (AvgIpc) is 3.16. The SMILES string of the molecule is O=c1cccc2n(-c3nc(-n4c5cccc(=O)c-5cc5ccccc54)nc(-n4c5cccc(=O)c-5cc5ccccc54)n3)c3ccccc3cc1-2. The molecule has 0 spiro atoms. The maximum atomic E-state index is 13.3. The molecule has 0 amide bonds. The highest BCUT2D eigenvalue weighted by Gasteiger charge is 2.24. The first-order valence-corrected chi connectivity index (χ1v) is 16.4. The normalized spacial score (nSPS) is 11.8. The standard InChI is InChI=1S/C42H24N6O3/c49-37-19-7-16-34-28(37)22-25-10-1-4-13-31(25)46(34)40-43-41(47-32-14-5-2-11-26(32)23-29-35(47)17-8-20-38(29)50)45-42(44-40)48-33-15-6-3-12-27(33)24-30-36(48)18-9-21-39(30)51/h1-24H. The second-order valence-electron chi connectivity index (χ2n) is 12.4. The average molecular weight is 661 g/mol. The number of rotatable bonds is 3. The van der Waals surface area contributed by atoms with E-state index in [1.807, 2.05) is 123 Å². The lowest BCUT2D eigenvalue weighted by atomic mass is 10.0. The van der Waals surface area contributed by atoms with Crippen LogP contribution in [0.4, 0.5) is 0 Å². The van der Waals surface area contributed by atoms with E-state index in [0.29, 0.717) is 33.8 Å². The highest BCUT2D eigenvalue weighted by molar-refractivity contribution is 5.90. The molecule has 9 nitrogen and oxygen atoms in total. The largest absolute Gasteiger partial charge is 0.289 e. The molecule has 4 heterocycles. The smallest absolute Gasteiger partial charge is 0.241 e. The van der Waals surface area contributed by atoms with Crippen LogP contribution >= 0.6 is 0 Å². The summed E-state index contributed by atoms with van der Waals surface area (Å²) in [4.78, 5) is 55.4. The number of para-hydroxylation sites is 3. The number of fused-ring (bicyclic) bond motifs is 6. The molecular formula is C42H24N6O3. The van der Waals surface area contributed by atoms with Gasteiger partial charge >= 0.3 is 0 Å². The molecule has 10 rings (SSSR count). The minimum absolute atomic E-state index is 0.128. The van der Waals surface area contributed by atoms with Crippen molar-refractivity contribution in [3.05, 3.63) is 176 Å². The zero-order chi connectivity index (χ0) is 34.2. The molecule has 3 aliphatic heterocycles. The summed E-state index contributed by atoms with van der Waals surface area (Å²) in [6.45, 7) is 0. The lowest BCUT2D eigenvalue weighted by Crippen LogP contribution is -2.20. The fraction of sp³-hybridized carbons (Fsp3) is 0. The summed E-state index contributed by atoms with van der Waals surface area (Å²) < 4.78 is 5.63. The van der Waals surface area contributed by atoms with Crippen molar-refractivity contribution in [3.8, 4) is 51.6 Å². The Bertz CT molecular complexity index is 2780. The predicted molar refractivity (Wildman–Crippen MR) is 199 cm³/mol. The van der Waals surface area contributed by atoms with Crippen molar-refractivity contribution < 1.29 is 0 Å². The van der Waals surface area contributed by atoms with Crippen LogP contribution in [0.25, 0.3) is 84.3 Å². The van der Waals surface area contributed by atoms with Crippen molar-refractivity contribution in [2.75, 3.05) is 0 Å². The summed E-state index contributed by atoms with van der Waals surface area (Å²) in [7, 11) is 0. The van der Waals surface area contributed by atoms with Crippen LogP contribution < -0.4 is 16.3 Å². The Kier molecular flexibility index (Phi) is 6.13. The molecule has 0 bridgehead atoms. The summed E-state index contributed by atoms with van der Waals surface area (Å²) in [6, 6.07) is 44.4. The molecule has 6 aliphatic rings. The monoisotopic (exact) mass is 660 g/mol. The van der Waals surface area contributed by atoms with Crippen LogP contribution in [-0.4, -0.2) is 28.7 Å². The zero-order valence-corrected chi connectivity index (χ0v) is 26.8. The number of pyridine rings is 3. The first-order chi connectivity index (χ1) is 25.0. The van der Waals surface area contributed by atoms with Gasteiger partial charge in [-0.1, -0.05) is 72.8 Å². The summed E-state index contributed by atoms with van der Waals surface area (Å²) in [6.07, 6.45) is 0. The van der Waals surface area contributed by atoms with Gasteiger partial charge < -0.3 is 0 Å². The molecule has 1 aromatic heterocycles. The van der Waals surface area contributed by atoms with Gasteiger partial charge in [-0.05, 0) is 89.0 Å². The third-order valence-electron chi connectivity index (χ3n) is 9.48. The number of nitrogens with zero attached hydrogens (tertiary/aromatic N) is 6. The molecule has 3 aliphatic carbocycles. The van der Waals surface area contributed by atoms with Crippen LogP contribution in [0.1, 0.15) is 0 Å². The van der Waals surface area contributed by atoms with Gasteiger partial charge in [0.2, 0.25) is 17.8 Å². The Morgan fingerprint density at radius 1 is 0.333 bits per heavy atom. The van der Waals surface area contributed by atoms with Gasteiger partial charge in [-0.15, -0.1) is 0 Å². The first kappa shape index (κ1) is 28.7. The third-order valence-corrected chi connectivity index (χ3v) is 9.48. The van der Waals surface area contributed by atoms with E-state index in [0.717, 1.165) is 32.7 Å².